The fourth-order valence-corrected chi connectivity index (χ4v) is 2.32. The lowest BCUT2D eigenvalue weighted by Crippen LogP contribution is -2.27. The maximum Gasteiger partial charge on any atom is 0.269 e. The monoisotopic (exact) mass is 309 g/mol. The molecule has 0 unspecified atom stereocenters. The molecule has 1 amide bonds. The normalized spacial score (nSPS) is 10.5. The largest absolute Gasteiger partial charge is 0.497 e. The number of nitrogens with zero attached hydrogens (tertiary/aromatic N) is 2. The van der Waals surface area contributed by atoms with Crippen LogP contribution in [-0.2, 0) is 11.3 Å². The van der Waals surface area contributed by atoms with E-state index in [0.717, 1.165) is 0 Å². The highest BCUT2D eigenvalue weighted by molar-refractivity contribution is 5.91. The van der Waals surface area contributed by atoms with Crippen LogP contribution in [0.15, 0.2) is 59.5 Å². The molecule has 3 rings (SSSR count). The van der Waals surface area contributed by atoms with Crippen LogP contribution in [0, 0.1) is 0 Å². The van der Waals surface area contributed by atoms with E-state index in [-0.39, 0.29) is 18.0 Å². The fourth-order valence-electron chi connectivity index (χ4n) is 2.32. The molecule has 0 bridgehead atoms. The van der Waals surface area contributed by atoms with E-state index in [4.69, 9.17) is 4.74 Å². The third-order valence-corrected chi connectivity index (χ3v) is 3.41. The van der Waals surface area contributed by atoms with Crippen LogP contribution in [-0.4, -0.2) is 22.6 Å². The van der Waals surface area contributed by atoms with E-state index in [1.54, 1.807) is 49.6 Å². The van der Waals surface area contributed by atoms with Gasteiger partial charge < -0.3 is 10.1 Å². The fraction of sp³-hybridized carbons (Fsp3) is 0.118. The van der Waals surface area contributed by atoms with Crippen LogP contribution in [0.2, 0.25) is 0 Å². The van der Waals surface area contributed by atoms with Gasteiger partial charge in [-0.25, -0.2) is 4.98 Å². The van der Waals surface area contributed by atoms with Gasteiger partial charge in [0, 0.05) is 11.8 Å². The number of hydrogen-bond donors (Lipinski definition) is 1. The number of benzene rings is 2. The van der Waals surface area contributed by atoms with Crippen LogP contribution in [0.3, 0.4) is 0 Å². The first kappa shape index (κ1) is 14.8. The lowest BCUT2D eigenvalue weighted by atomic mass is 10.3. The predicted octanol–water partition coefficient (Wildman–Crippen LogP) is 2.04. The zero-order valence-electron chi connectivity index (χ0n) is 12.5. The lowest BCUT2D eigenvalue weighted by molar-refractivity contribution is -0.116. The third kappa shape index (κ3) is 3.21. The molecule has 6 nitrogen and oxygen atoms in total. The Kier molecular flexibility index (Phi) is 4.05. The highest BCUT2D eigenvalue weighted by atomic mass is 16.5. The van der Waals surface area contributed by atoms with Gasteiger partial charge in [0.25, 0.3) is 5.56 Å². The highest BCUT2D eigenvalue weighted by Crippen LogP contribution is 2.16. The zero-order chi connectivity index (χ0) is 16.2. The van der Waals surface area contributed by atoms with Gasteiger partial charge in [0.2, 0.25) is 5.91 Å². The Labute approximate surface area is 132 Å². The Morgan fingerprint density at radius 1 is 1.22 bits per heavy atom. The molecule has 116 valence electrons. The van der Waals surface area contributed by atoms with Gasteiger partial charge in [0.15, 0.2) is 0 Å². The van der Waals surface area contributed by atoms with E-state index in [9.17, 15) is 9.59 Å². The van der Waals surface area contributed by atoms with E-state index in [1.165, 1.54) is 10.8 Å². The minimum Gasteiger partial charge on any atom is -0.497 e. The number of aromatic nitrogens is 2. The standard InChI is InChI=1S/C17H15N3O3/c1-23-13-6-4-5-12(9-13)19-16(21)11-20-15-8-3-2-7-14(15)18-10-17(20)22/h2-10H,11H2,1H3,(H,19,21). The zero-order valence-corrected chi connectivity index (χ0v) is 12.5. The van der Waals surface area contributed by atoms with Crippen LogP contribution in [0.4, 0.5) is 5.69 Å². The number of carbonyl (C=O) groups is 1. The smallest absolute Gasteiger partial charge is 0.269 e. The van der Waals surface area contributed by atoms with E-state index in [1.807, 2.05) is 6.07 Å². The van der Waals surface area contributed by atoms with Crippen molar-refractivity contribution in [3.63, 3.8) is 0 Å². The van der Waals surface area contributed by atoms with E-state index >= 15 is 0 Å². The molecule has 23 heavy (non-hydrogen) atoms. The lowest BCUT2D eigenvalue weighted by Gasteiger charge is -2.10. The number of methoxy groups -OCH3 is 1. The number of para-hydroxylation sites is 2. The number of rotatable bonds is 4. The van der Waals surface area contributed by atoms with Gasteiger partial charge in [-0.15, -0.1) is 0 Å². The maximum atomic E-state index is 12.2. The number of anilines is 1. The molecule has 3 aromatic rings. The molecule has 1 aromatic heterocycles. The number of ether oxygens (including phenoxy) is 1. The average molecular weight is 309 g/mol. The summed E-state index contributed by atoms with van der Waals surface area (Å²) in [7, 11) is 1.56. The summed E-state index contributed by atoms with van der Waals surface area (Å²) < 4.78 is 6.52. The number of carbonyl (C=O) groups excluding carboxylic acids is 1. The second-order valence-corrected chi connectivity index (χ2v) is 4.95. The number of nitrogens with one attached hydrogen (secondary N) is 1. The van der Waals surface area contributed by atoms with Crippen molar-refractivity contribution in [1.29, 1.82) is 0 Å². The molecular formula is C17H15N3O3. The van der Waals surface area contributed by atoms with Crippen molar-refractivity contribution in [1.82, 2.24) is 9.55 Å². The summed E-state index contributed by atoms with van der Waals surface area (Å²) in [6, 6.07) is 14.2. The van der Waals surface area contributed by atoms with Crippen molar-refractivity contribution >= 4 is 22.6 Å². The van der Waals surface area contributed by atoms with Gasteiger partial charge in [0.05, 0.1) is 24.3 Å². The van der Waals surface area contributed by atoms with Crippen LogP contribution in [0.25, 0.3) is 11.0 Å². The summed E-state index contributed by atoms with van der Waals surface area (Å²) in [6.45, 7) is -0.0842. The SMILES string of the molecule is COc1cccc(NC(=O)Cn2c(=O)cnc3ccccc32)c1. The van der Waals surface area contributed by atoms with Crippen LogP contribution in [0.1, 0.15) is 0 Å². The summed E-state index contributed by atoms with van der Waals surface area (Å²) in [5, 5.41) is 2.76. The first-order valence-corrected chi connectivity index (χ1v) is 7.06. The molecule has 0 aliphatic rings. The summed E-state index contributed by atoms with van der Waals surface area (Å²) in [5.41, 5.74) is 1.59. The molecule has 0 saturated heterocycles. The van der Waals surface area contributed by atoms with Crippen molar-refractivity contribution in [2.24, 2.45) is 0 Å². The Morgan fingerprint density at radius 2 is 2.04 bits per heavy atom. The van der Waals surface area contributed by atoms with Crippen molar-refractivity contribution in [2.45, 2.75) is 6.54 Å². The molecule has 1 heterocycles. The van der Waals surface area contributed by atoms with Gasteiger partial charge in [-0.2, -0.15) is 0 Å². The van der Waals surface area contributed by atoms with Crippen molar-refractivity contribution < 1.29 is 9.53 Å². The van der Waals surface area contributed by atoms with Gasteiger partial charge in [-0.3, -0.25) is 14.2 Å². The molecule has 2 aromatic carbocycles. The highest BCUT2D eigenvalue weighted by Gasteiger charge is 2.09. The average Bonchev–Trinajstić information content (AvgIpc) is 2.57. The van der Waals surface area contributed by atoms with Crippen molar-refractivity contribution in [3.05, 3.63) is 65.1 Å². The molecule has 0 saturated carbocycles. The minimum absolute atomic E-state index is 0.0842. The second-order valence-electron chi connectivity index (χ2n) is 4.95. The molecule has 1 N–H and O–H groups in total. The topological polar surface area (TPSA) is 73.2 Å². The Hall–Kier alpha value is -3.15. The Morgan fingerprint density at radius 3 is 2.87 bits per heavy atom. The van der Waals surface area contributed by atoms with Crippen LogP contribution < -0.4 is 15.6 Å². The van der Waals surface area contributed by atoms with Gasteiger partial charge in [-0.1, -0.05) is 18.2 Å². The van der Waals surface area contributed by atoms with Crippen LogP contribution >= 0.6 is 0 Å². The van der Waals surface area contributed by atoms with Gasteiger partial charge in [-0.05, 0) is 24.3 Å². The molecule has 0 aliphatic carbocycles. The Bertz CT molecular complexity index is 918. The van der Waals surface area contributed by atoms with Gasteiger partial charge >= 0.3 is 0 Å². The van der Waals surface area contributed by atoms with Crippen molar-refractivity contribution in [2.75, 3.05) is 12.4 Å². The number of hydrogen-bond acceptors (Lipinski definition) is 4. The third-order valence-electron chi connectivity index (χ3n) is 3.41. The van der Waals surface area contributed by atoms with Crippen LogP contribution in [0.5, 0.6) is 5.75 Å². The van der Waals surface area contributed by atoms with Crippen molar-refractivity contribution in [3.8, 4) is 5.75 Å². The second kappa shape index (κ2) is 6.31. The number of fused-ring (bicyclic) bond motifs is 1. The molecule has 0 aliphatic heterocycles. The summed E-state index contributed by atoms with van der Waals surface area (Å²) in [4.78, 5) is 28.3. The molecule has 0 spiro atoms. The molecule has 6 heteroatoms. The quantitative estimate of drug-likeness (QED) is 0.800. The summed E-state index contributed by atoms with van der Waals surface area (Å²) in [6.07, 6.45) is 1.22. The number of amides is 1. The van der Waals surface area contributed by atoms with Gasteiger partial charge in [0.1, 0.15) is 12.3 Å². The Balaban J connectivity index is 1.85. The predicted molar refractivity (Wildman–Crippen MR) is 87.6 cm³/mol. The molecule has 0 fully saturated rings. The maximum absolute atomic E-state index is 12.2. The van der Waals surface area contributed by atoms with E-state index < -0.39 is 0 Å². The molecular weight excluding hydrogens is 294 g/mol. The van der Waals surface area contributed by atoms with E-state index in [0.29, 0.717) is 22.5 Å². The van der Waals surface area contributed by atoms with E-state index in [2.05, 4.69) is 10.3 Å². The molecule has 0 radical (unpaired) electrons. The minimum atomic E-state index is -0.315. The molecule has 0 atom stereocenters. The first-order valence-electron chi connectivity index (χ1n) is 7.06. The summed E-state index contributed by atoms with van der Waals surface area (Å²) in [5.74, 6) is 0.353. The first-order chi connectivity index (χ1) is 11.2. The summed E-state index contributed by atoms with van der Waals surface area (Å²) >= 11 is 0.